The van der Waals surface area contributed by atoms with Crippen LogP contribution in [-0.4, -0.2) is 15.3 Å². The summed E-state index contributed by atoms with van der Waals surface area (Å²) in [5, 5.41) is 8.35. The van der Waals surface area contributed by atoms with E-state index in [1.165, 1.54) is 0 Å². The van der Waals surface area contributed by atoms with Crippen molar-refractivity contribution in [3.8, 4) is 11.5 Å². The summed E-state index contributed by atoms with van der Waals surface area (Å²) < 4.78 is 7.76. The van der Waals surface area contributed by atoms with Crippen LogP contribution in [-0.2, 0) is 13.1 Å². The summed E-state index contributed by atoms with van der Waals surface area (Å²) >= 11 is 6.32. The monoisotopic (exact) mass is 307 g/mol. The minimum absolute atomic E-state index is 0.0174. The molecule has 2 aromatic rings. The first-order valence-corrected chi connectivity index (χ1v) is 7.49. The molecule has 0 fully saturated rings. The van der Waals surface area contributed by atoms with Crippen molar-refractivity contribution in [2.75, 3.05) is 0 Å². The molecular formula is C16H22ClN3O. The molecule has 0 aliphatic carbocycles. The first-order valence-electron chi connectivity index (χ1n) is 7.12. The van der Waals surface area contributed by atoms with Gasteiger partial charge in [0.05, 0.1) is 12.4 Å². The minimum atomic E-state index is 0.0174. The predicted molar refractivity (Wildman–Crippen MR) is 86.0 cm³/mol. The molecule has 0 saturated heterocycles. The highest BCUT2D eigenvalue weighted by atomic mass is 35.5. The molecule has 1 heterocycles. The van der Waals surface area contributed by atoms with Gasteiger partial charge in [-0.1, -0.05) is 17.7 Å². The zero-order valence-corrected chi connectivity index (χ0v) is 13.7. The molecule has 1 N–H and O–H groups in total. The van der Waals surface area contributed by atoms with E-state index in [1.54, 1.807) is 6.20 Å². The second-order valence-corrected chi connectivity index (χ2v) is 6.36. The number of halogens is 1. The van der Waals surface area contributed by atoms with Crippen LogP contribution in [0.5, 0.6) is 11.5 Å². The Morgan fingerprint density at radius 2 is 2.10 bits per heavy atom. The van der Waals surface area contributed by atoms with E-state index in [0.717, 1.165) is 23.6 Å². The molecule has 0 unspecified atom stereocenters. The molecule has 0 bridgehead atoms. The van der Waals surface area contributed by atoms with Crippen LogP contribution in [0.4, 0.5) is 0 Å². The fourth-order valence-corrected chi connectivity index (χ4v) is 2.09. The van der Waals surface area contributed by atoms with E-state index < -0.39 is 0 Å². The Balaban J connectivity index is 2.20. The summed E-state index contributed by atoms with van der Waals surface area (Å²) in [6.45, 7) is 9.87. The SMILES string of the molecule is CCn1cc(Oc2cccc(Cl)c2CNC(C)(C)C)cn1. The van der Waals surface area contributed by atoms with Crippen LogP contribution >= 0.6 is 11.6 Å². The van der Waals surface area contributed by atoms with E-state index in [4.69, 9.17) is 16.3 Å². The Morgan fingerprint density at radius 1 is 1.33 bits per heavy atom. The molecule has 0 atom stereocenters. The van der Waals surface area contributed by atoms with Gasteiger partial charge in [-0.05, 0) is 39.8 Å². The van der Waals surface area contributed by atoms with Gasteiger partial charge < -0.3 is 10.1 Å². The summed E-state index contributed by atoms with van der Waals surface area (Å²) in [6, 6.07) is 5.70. The lowest BCUT2D eigenvalue weighted by Gasteiger charge is -2.22. The third kappa shape index (κ3) is 4.48. The molecule has 1 aromatic carbocycles. The summed E-state index contributed by atoms with van der Waals surface area (Å²) in [5.41, 5.74) is 0.974. The van der Waals surface area contributed by atoms with Gasteiger partial charge in [0.2, 0.25) is 0 Å². The van der Waals surface area contributed by atoms with Gasteiger partial charge in [0, 0.05) is 29.2 Å². The topological polar surface area (TPSA) is 39.1 Å². The van der Waals surface area contributed by atoms with Gasteiger partial charge in [-0.25, -0.2) is 0 Å². The number of nitrogens with one attached hydrogen (secondary N) is 1. The molecule has 114 valence electrons. The van der Waals surface area contributed by atoms with Crippen LogP contribution in [0.15, 0.2) is 30.6 Å². The van der Waals surface area contributed by atoms with Crippen molar-refractivity contribution < 1.29 is 4.74 Å². The molecule has 0 aliphatic heterocycles. The van der Waals surface area contributed by atoms with E-state index in [-0.39, 0.29) is 5.54 Å². The van der Waals surface area contributed by atoms with Crippen molar-refractivity contribution in [2.45, 2.75) is 46.3 Å². The highest BCUT2D eigenvalue weighted by molar-refractivity contribution is 6.31. The number of rotatable bonds is 5. The summed E-state index contributed by atoms with van der Waals surface area (Å²) in [7, 11) is 0. The first-order chi connectivity index (χ1) is 9.89. The molecule has 0 spiro atoms. The van der Waals surface area contributed by atoms with E-state index in [0.29, 0.717) is 11.6 Å². The molecule has 0 aliphatic rings. The van der Waals surface area contributed by atoms with Crippen molar-refractivity contribution in [3.05, 3.63) is 41.2 Å². The van der Waals surface area contributed by atoms with Gasteiger partial charge >= 0.3 is 0 Å². The number of hydrogen-bond acceptors (Lipinski definition) is 3. The predicted octanol–water partition coefficient (Wildman–Crippen LogP) is 4.24. The maximum absolute atomic E-state index is 6.32. The molecule has 1 aromatic heterocycles. The lowest BCUT2D eigenvalue weighted by Crippen LogP contribution is -2.35. The fourth-order valence-electron chi connectivity index (χ4n) is 1.86. The smallest absolute Gasteiger partial charge is 0.165 e. The van der Waals surface area contributed by atoms with Crippen LogP contribution in [0.2, 0.25) is 5.02 Å². The first kappa shape index (κ1) is 15.9. The second-order valence-electron chi connectivity index (χ2n) is 5.95. The largest absolute Gasteiger partial charge is 0.454 e. The van der Waals surface area contributed by atoms with E-state index in [2.05, 4.69) is 31.2 Å². The normalized spacial score (nSPS) is 11.7. The van der Waals surface area contributed by atoms with Gasteiger partial charge in [0.15, 0.2) is 5.75 Å². The van der Waals surface area contributed by atoms with Gasteiger partial charge in [0.1, 0.15) is 5.75 Å². The average molecular weight is 308 g/mol. The lowest BCUT2D eigenvalue weighted by atomic mass is 10.1. The number of hydrogen-bond donors (Lipinski definition) is 1. The van der Waals surface area contributed by atoms with Crippen LogP contribution in [0.1, 0.15) is 33.3 Å². The zero-order chi connectivity index (χ0) is 15.5. The molecular weight excluding hydrogens is 286 g/mol. The van der Waals surface area contributed by atoms with Crippen molar-refractivity contribution in [1.82, 2.24) is 15.1 Å². The molecule has 0 amide bonds. The summed E-state index contributed by atoms with van der Waals surface area (Å²) in [4.78, 5) is 0. The third-order valence-corrected chi connectivity index (χ3v) is 3.39. The number of ether oxygens (including phenoxy) is 1. The Kier molecular flexibility index (Phi) is 4.91. The molecule has 21 heavy (non-hydrogen) atoms. The van der Waals surface area contributed by atoms with Crippen LogP contribution in [0.3, 0.4) is 0 Å². The van der Waals surface area contributed by atoms with E-state index in [9.17, 15) is 0 Å². The Hall–Kier alpha value is -1.52. The number of aryl methyl sites for hydroxylation is 1. The quantitative estimate of drug-likeness (QED) is 0.898. The number of aromatic nitrogens is 2. The highest BCUT2D eigenvalue weighted by Gasteiger charge is 2.14. The van der Waals surface area contributed by atoms with Crippen molar-refractivity contribution in [1.29, 1.82) is 0 Å². The molecule has 0 radical (unpaired) electrons. The van der Waals surface area contributed by atoms with E-state index in [1.807, 2.05) is 36.0 Å². The average Bonchev–Trinajstić information content (AvgIpc) is 2.84. The standard InChI is InChI=1S/C16H22ClN3O/c1-5-20-11-12(9-19-20)21-15-8-6-7-14(17)13(15)10-18-16(2,3)4/h6-9,11,18H,5,10H2,1-4H3. The second kappa shape index (κ2) is 6.50. The summed E-state index contributed by atoms with van der Waals surface area (Å²) in [6.07, 6.45) is 3.59. The molecule has 4 nitrogen and oxygen atoms in total. The Morgan fingerprint density at radius 3 is 2.71 bits per heavy atom. The summed E-state index contributed by atoms with van der Waals surface area (Å²) in [5.74, 6) is 1.48. The third-order valence-electron chi connectivity index (χ3n) is 3.03. The van der Waals surface area contributed by atoms with Gasteiger partial charge in [0.25, 0.3) is 0 Å². The highest BCUT2D eigenvalue weighted by Crippen LogP contribution is 2.30. The molecule has 0 saturated carbocycles. The Labute approximate surface area is 131 Å². The van der Waals surface area contributed by atoms with Crippen LogP contribution in [0, 0.1) is 0 Å². The fraction of sp³-hybridized carbons (Fsp3) is 0.438. The van der Waals surface area contributed by atoms with Crippen LogP contribution < -0.4 is 10.1 Å². The minimum Gasteiger partial charge on any atom is -0.454 e. The molecule has 2 rings (SSSR count). The maximum atomic E-state index is 6.32. The van der Waals surface area contributed by atoms with Crippen molar-refractivity contribution in [2.24, 2.45) is 0 Å². The van der Waals surface area contributed by atoms with Gasteiger partial charge in [-0.3, -0.25) is 4.68 Å². The number of nitrogens with zero attached hydrogens (tertiary/aromatic N) is 2. The lowest BCUT2D eigenvalue weighted by molar-refractivity contribution is 0.414. The number of benzene rings is 1. The van der Waals surface area contributed by atoms with Gasteiger partial charge in [-0.15, -0.1) is 0 Å². The van der Waals surface area contributed by atoms with Crippen molar-refractivity contribution >= 4 is 11.6 Å². The zero-order valence-electron chi connectivity index (χ0n) is 13.0. The van der Waals surface area contributed by atoms with E-state index >= 15 is 0 Å². The molecule has 5 heteroatoms. The van der Waals surface area contributed by atoms with Crippen LogP contribution in [0.25, 0.3) is 0 Å². The van der Waals surface area contributed by atoms with Gasteiger partial charge in [-0.2, -0.15) is 5.10 Å². The Bertz CT molecular complexity index is 602. The maximum Gasteiger partial charge on any atom is 0.165 e. The van der Waals surface area contributed by atoms with Crippen molar-refractivity contribution in [3.63, 3.8) is 0 Å².